The standard InChI is InChI=1S/C16H21N5O2/c1-12-13(2)23-8-7-21(12)16(22)19-10-14-3-4-15(18-9-14)20-6-5-17-11-20/h3-6,9,11-13H,7-8,10H2,1-2H3,(H,19,22). The minimum absolute atomic E-state index is 0.0608. The van der Waals surface area contributed by atoms with E-state index in [4.69, 9.17) is 4.74 Å². The van der Waals surface area contributed by atoms with Crippen LogP contribution in [0, 0.1) is 0 Å². The molecule has 1 fully saturated rings. The van der Waals surface area contributed by atoms with Gasteiger partial charge in [0.1, 0.15) is 12.1 Å². The first kappa shape index (κ1) is 15.5. The summed E-state index contributed by atoms with van der Waals surface area (Å²) in [5.74, 6) is 0.799. The number of rotatable bonds is 3. The maximum atomic E-state index is 12.3. The highest BCUT2D eigenvalue weighted by Crippen LogP contribution is 2.13. The van der Waals surface area contributed by atoms with Gasteiger partial charge in [0.05, 0.1) is 18.8 Å². The van der Waals surface area contributed by atoms with Crippen LogP contribution in [0.25, 0.3) is 5.82 Å². The average Bonchev–Trinajstić information content (AvgIpc) is 3.10. The lowest BCUT2D eigenvalue weighted by atomic mass is 10.1. The van der Waals surface area contributed by atoms with E-state index in [9.17, 15) is 4.79 Å². The minimum atomic E-state index is -0.0636. The third kappa shape index (κ3) is 3.50. The molecule has 0 saturated carbocycles. The Morgan fingerprint density at radius 2 is 2.30 bits per heavy atom. The largest absolute Gasteiger partial charge is 0.375 e. The summed E-state index contributed by atoms with van der Waals surface area (Å²) in [6, 6.07) is 3.87. The van der Waals surface area contributed by atoms with Gasteiger partial charge in [0, 0.05) is 31.7 Å². The van der Waals surface area contributed by atoms with E-state index in [2.05, 4.69) is 15.3 Å². The summed E-state index contributed by atoms with van der Waals surface area (Å²) in [6.07, 6.45) is 7.07. The number of amides is 2. The number of pyridine rings is 1. The lowest BCUT2D eigenvalue weighted by molar-refractivity contribution is -0.0376. The predicted octanol–water partition coefficient (Wildman–Crippen LogP) is 1.59. The van der Waals surface area contributed by atoms with Gasteiger partial charge in [-0.1, -0.05) is 6.07 Å². The molecule has 2 aromatic heterocycles. The number of aromatic nitrogens is 3. The number of imidazole rings is 1. The molecule has 2 aromatic rings. The minimum Gasteiger partial charge on any atom is -0.375 e. The van der Waals surface area contributed by atoms with E-state index in [-0.39, 0.29) is 18.2 Å². The van der Waals surface area contributed by atoms with Gasteiger partial charge in [-0.25, -0.2) is 14.8 Å². The first-order chi connectivity index (χ1) is 11.1. The van der Waals surface area contributed by atoms with Crippen LogP contribution in [0.1, 0.15) is 19.4 Å². The van der Waals surface area contributed by atoms with Crippen LogP contribution in [-0.2, 0) is 11.3 Å². The molecule has 23 heavy (non-hydrogen) atoms. The molecule has 0 aromatic carbocycles. The number of urea groups is 1. The van der Waals surface area contributed by atoms with E-state index in [1.165, 1.54) is 0 Å². The van der Waals surface area contributed by atoms with Crippen LogP contribution in [0.2, 0.25) is 0 Å². The summed E-state index contributed by atoms with van der Waals surface area (Å²) >= 11 is 0. The molecule has 1 saturated heterocycles. The van der Waals surface area contributed by atoms with Crippen molar-refractivity contribution < 1.29 is 9.53 Å². The highest BCUT2D eigenvalue weighted by atomic mass is 16.5. The Labute approximate surface area is 135 Å². The maximum Gasteiger partial charge on any atom is 0.318 e. The second-order valence-electron chi connectivity index (χ2n) is 5.66. The van der Waals surface area contributed by atoms with Crippen molar-refractivity contribution in [2.24, 2.45) is 0 Å². The van der Waals surface area contributed by atoms with Gasteiger partial charge in [-0.15, -0.1) is 0 Å². The van der Waals surface area contributed by atoms with Crippen LogP contribution < -0.4 is 5.32 Å². The van der Waals surface area contributed by atoms with Crippen molar-refractivity contribution in [3.8, 4) is 5.82 Å². The zero-order valence-corrected chi connectivity index (χ0v) is 13.3. The highest BCUT2D eigenvalue weighted by molar-refractivity contribution is 5.74. The monoisotopic (exact) mass is 315 g/mol. The zero-order chi connectivity index (χ0) is 16.2. The van der Waals surface area contributed by atoms with Gasteiger partial charge in [-0.05, 0) is 25.5 Å². The molecule has 1 aliphatic rings. The first-order valence-electron chi connectivity index (χ1n) is 7.74. The lowest BCUT2D eigenvalue weighted by Crippen LogP contribution is -2.54. The molecule has 0 spiro atoms. The molecule has 7 heteroatoms. The van der Waals surface area contributed by atoms with Crippen molar-refractivity contribution in [1.29, 1.82) is 0 Å². The molecule has 2 amide bonds. The number of carbonyl (C=O) groups is 1. The molecule has 1 aliphatic heterocycles. The van der Waals surface area contributed by atoms with E-state index >= 15 is 0 Å². The molecule has 1 N–H and O–H groups in total. The molecule has 0 radical (unpaired) electrons. The fourth-order valence-corrected chi connectivity index (χ4v) is 2.57. The molecular weight excluding hydrogens is 294 g/mol. The topological polar surface area (TPSA) is 72.3 Å². The van der Waals surface area contributed by atoms with Crippen LogP contribution in [0.4, 0.5) is 4.79 Å². The number of nitrogens with zero attached hydrogens (tertiary/aromatic N) is 4. The molecule has 0 aliphatic carbocycles. The Balaban J connectivity index is 1.56. The number of nitrogens with one attached hydrogen (secondary N) is 1. The van der Waals surface area contributed by atoms with E-state index < -0.39 is 0 Å². The van der Waals surface area contributed by atoms with Gasteiger partial charge >= 0.3 is 6.03 Å². The van der Waals surface area contributed by atoms with Gasteiger partial charge < -0.3 is 15.0 Å². The Morgan fingerprint density at radius 1 is 1.43 bits per heavy atom. The fourth-order valence-electron chi connectivity index (χ4n) is 2.57. The quantitative estimate of drug-likeness (QED) is 0.933. The second kappa shape index (κ2) is 6.78. The van der Waals surface area contributed by atoms with Crippen molar-refractivity contribution in [1.82, 2.24) is 24.8 Å². The number of morpholine rings is 1. The number of hydrogen-bond donors (Lipinski definition) is 1. The predicted molar refractivity (Wildman–Crippen MR) is 85.2 cm³/mol. The van der Waals surface area contributed by atoms with Crippen molar-refractivity contribution in [2.45, 2.75) is 32.5 Å². The van der Waals surface area contributed by atoms with Gasteiger partial charge in [-0.2, -0.15) is 0 Å². The summed E-state index contributed by atoms with van der Waals surface area (Å²) in [7, 11) is 0. The maximum absolute atomic E-state index is 12.3. The fraction of sp³-hybridized carbons (Fsp3) is 0.438. The summed E-state index contributed by atoms with van der Waals surface area (Å²) in [6.45, 7) is 5.65. The molecule has 122 valence electrons. The molecule has 3 heterocycles. The van der Waals surface area contributed by atoms with Crippen LogP contribution in [0.15, 0.2) is 37.1 Å². The van der Waals surface area contributed by atoms with Crippen LogP contribution in [0.3, 0.4) is 0 Å². The van der Waals surface area contributed by atoms with Gasteiger partial charge in [0.25, 0.3) is 0 Å². The molecule has 7 nitrogen and oxygen atoms in total. The van der Waals surface area contributed by atoms with Gasteiger partial charge in [-0.3, -0.25) is 4.57 Å². The Kier molecular flexibility index (Phi) is 4.57. The summed E-state index contributed by atoms with van der Waals surface area (Å²) in [5.41, 5.74) is 0.955. The van der Waals surface area contributed by atoms with Crippen molar-refractivity contribution in [2.75, 3.05) is 13.2 Å². The van der Waals surface area contributed by atoms with Crippen molar-refractivity contribution >= 4 is 6.03 Å². The van der Waals surface area contributed by atoms with Crippen LogP contribution in [-0.4, -0.2) is 50.8 Å². The smallest absolute Gasteiger partial charge is 0.318 e. The Bertz CT molecular complexity index is 641. The zero-order valence-electron chi connectivity index (χ0n) is 13.3. The molecular formula is C16H21N5O2. The van der Waals surface area contributed by atoms with Crippen LogP contribution in [0.5, 0.6) is 0 Å². The Hall–Kier alpha value is -2.41. The van der Waals surface area contributed by atoms with Crippen molar-refractivity contribution in [3.05, 3.63) is 42.6 Å². The number of carbonyl (C=O) groups excluding carboxylic acids is 1. The lowest BCUT2D eigenvalue weighted by Gasteiger charge is -2.37. The summed E-state index contributed by atoms with van der Waals surface area (Å²) in [4.78, 5) is 22.5. The molecule has 3 rings (SSSR count). The first-order valence-corrected chi connectivity index (χ1v) is 7.74. The molecule has 2 atom stereocenters. The van der Waals surface area contributed by atoms with Crippen LogP contribution >= 0.6 is 0 Å². The average molecular weight is 315 g/mol. The third-order valence-corrected chi connectivity index (χ3v) is 4.17. The van der Waals surface area contributed by atoms with E-state index in [0.29, 0.717) is 19.7 Å². The van der Waals surface area contributed by atoms with Crippen molar-refractivity contribution in [3.63, 3.8) is 0 Å². The third-order valence-electron chi connectivity index (χ3n) is 4.17. The number of hydrogen-bond acceptors (Lipinski definition) is 4. The highest BCUT2D eigenvalue weighted by Gasteiger charge is 2.28. The second-order valence-corrected chi connectivity index (χ2v) is 5.66. The summed E-state index contributed by atoms with van der Waals surface area (Å²) in [5, 5.41) is 2.95. The van der Waals surface area contributed by atoms with E-state index in [1.54, 1.807) is 18.7 Å². The normalized spacial score (nSPS) is 21.2. The van der Waals surface area contributed by atoms with Gasteiger partial charge in [0.15, 0.2) is 0 Å². The summed E-state index contributed by atoms with van der Waals surface area (Å²) < 4.78 is 7.38. The Morgan fingerprint density at radius 3 is 3.00 bits per heavy atom. The SMILES string of the molecule is CC1OCCN(C(=O)NCc2ccc(-n3ccnc3)nc2)C1C. The molecule has 0 bridgehead atoms. The van der Waals surface area contributed by atoms with E-state index in [1.807, 2.05) is 41.6 Å². The van der Waals surface area contributed by atoms with E-state index in [0.717, 1.165) is 11.4 Å². The van der Waals surface area contributed by atoms with Gasteiger partial charge in [0.2, 0.25) is 0 Å². The molecule has 2 unspecified atom stereocenters. The number of ether oxygens (including phenoxy) is 1.